The van der Waals surface area contributed by atoms with E-state index in [-0.39, 0.29) is 22.9 Å². The summed E-state index contributed by atoms with van der Waals surface area (Å²) in [5, 5.41) is 14.9. The molecule has 1 aliphatic heterocycles. The summed E-state index contributed by atoms with van der Waals surface area (Å²) in [4.78, 5) is 36.1. The number of hydrogen-bond donors (Lipinski definition) is 1. The van der Waals surface area contributed by atoms with Crippen molar-refractivity contribution in [2.24, 2.45) is 0 Å². The van der Waals surface area contributed by atoms with Gasteiger partial charge in [-0.2, -0.15) is 0 Å². The summed E-state index contributed by atoms with van der Waals surface area (Å²) in [6, 6.07) is 16.8. The summed E-state index contributed by atoms with van der Waals surface area (Å²) in [6.07, 6.45) is 1.29. The molecule has 2 heterocycles. The van der Waals surface area contributed by atoms with E-state index in [1.807, 2.05) is 23.1 Å². The second-order valence-corrected chi connectivity index (χ2v) is 7.56. The third-order valence-corrected chi connectivity index (χ3v) is 5.49. The molecule has 1 aliphatic rings. The number of para-hydroxylation sites is 1. The van der Waals surface area contributed by atoms with Crippen LogP contribution in [0.1, 0.15) is 15.9 Å². The molecule has 0 spiro atoms. The molecule has 1 saturated heterocycles. The number of benzene rings is 2. The van der Waals surface area contributed by atoms with E-state index >= 15 is 0 Å². The number of hydrogen-bond acceptors (Lipinski definition) is 9. The van der Waals surface area contributed by atoms with Crippen molar-refractivity contribution in [3.05, 3.63) is 82.2 Å². The molecule has 0 radical (unpaired) electrons. The Morgan fingerprint density at radius 3 is 2.45 bits per heavy atom. The van der Waals surface area contributed by atoms with Crippen LogP contribution in [0.25, 0.3) is 0 Å². The molecule has 33 heavy (non-hydrogen) atoms. The molecule has 0 bridgehead atoms. The highest BCUT2D eigenvalue weighted by Crippen LogP contribution is 2.34. The number of piperazine rings is 1. The minimum atomic E-state index is -0.551. The Morgan fingerprint density at radius 1 is 1.06 bits per heavy atom. The van der Waals surface area contributed by atoms with E-state index in [9.17, 15) is 14.9 Å². The molecular formula is C23H24N6O4. The van der Waals surface area contributed by atoms with Gasteiger partial charge < -0.3 is 15.0 Å². The highest BCUT2D eigenvalue weighted by molar-refractivity contribution is 5.96. The Labute approximate surface area is 191 Å². The Morgan fingerprint density at radius 2 is 1.76 bits per heavy atom. The third kappa shape index (κ3) is 5.07. The van der Waals surface area contributed by atoms with Crippen molar-refractivity contribution in [1.82, 2.24) is 14.9 Å². The van der Waals surface area contributed by atoms with Gasteiger partial charge in [0.15, 0.2) is 0 Å². The topological polar surface area (TPSA) is 114 Å². The summed E-state index contributed by atoms with van der Waals surface area (Å²) in [6.45, 7) is 3.54. The highest BCUT2D eigenvalue weighted by atomic mass is 16.6. The van der Waals surface area contributed by atoms with E-state index < -0.39 is 10.9 Å². The van der Waals surface area contributed by atoms with E-state index in [2.05, 4.69) is 32.3 Å². The van der Waals surface area contributed by atoms with Crippen LogP contribution >= 0.6 is 0 Å². The Hall–Kier alpha value is -4.05. The summed E-state index contributed by atoms with van der Waals surface area (Å²) in [5.41, 5.74) is 1.62. The highest BCUT2D eigenvalue weighted by Gasteiger charge is 2.30. The second kappa shape index (κ2) is 10.0. The monoisotopic (exact) mass is 448 g/mol. The van der Waals surface area contributed by atoms with Crippen molar-refractivity contribution in [3.8, 4) is 0 Å². The first kappa shape index (κ1) is 22.2. The number of nitrogens with zero attached hydrogens (tertiary/aromatic N) is 5. The molecule has 10 heteroatoms. The molecule has 1 N–H and O–H groups in total. The lowest BCUT2D eigenvalue weighted by Gasteiger charge is -2.35. The van der Waals surface area contributed by atoms with E-state index in [0.717, 1.165) is 19.6 Å². The number of nitrogens with one attached hydrogen (secondary N) is 1. The average Bonchev–Trinajstić information content (AvgIpc) is 2.85. The van der Waals surface area contributed by atoms with Crippen LogP contribution in [0.15, 0.2) is 60.9 Å². The molecule has 3 aromatic rings. The van der Waals surface area contributed by atoms with E-state index in [4.69, 9.17) is 4.74 Å². The van der Waals surface area contributed by atoms with Gasteiger partial charge in [0.25, 0.3) is 0 Å². The lowest BCUT2D eigenvalue weighted by molar-refractivity contribution is -0.383. The van der Waals surface area contributed by atoms with Crippen LogP contribution in [-0.4, -0.2) is 59.0 Å². The van der Waals surface area contributed by atoms with Gasteiger partial charge in [-0.25, -0.2) is 14.8 Å². The molecule has 0 atom stereocenters. The lowest BCUT2D eigenvalue weighted by Crippen LogP contribution is -2.46. The first-order valence-electron chi connectivity index (χ1n) is 10.5. The van der Waals surface area contributed by atoms with Crippen LogP contribution in [0.4, 0.5) is 23.0 Å². The van der Waals surface area contributed by atoms with Crippen molar-refractivity contribution < 1.29 is 14.5 Å². The predicted molar refractivity (Wildman–Crippen MR) is 124 cm³/mol. The van der Waals surface area contributed by atoms with Crippen LogP contribution in [0, 0.1) is 10.1 Å². The van der Waals surface area contributed by atoms with Crippen LogP contribution < -0.4 is 10.2 Å². The van der Waals surface area contributed by atoms with Gasteiger partial charge in [0.2, 0.25) is 11.6 Å². The minimum Gasteiger partial charge on any atom is -0.465 e. The Kier molecular flexibility index (Phi) is 6.75. The average molecular weight is 448 g/mol. The Balaban J connectivity index is 1.54. The summed E-state index contributed by atoms with van der Waals surface area (Å²) >= 11 is 0. The number of aromatic nitrogens is 2. The van der Waals surface area contributed by atoms with Gasteiger partial charge in [0.1, 0.15) is 6.33 Å². The first-order chi connectivity index (χ1) is 16.1. The normalized spacial score (nSPS) is 14.0. The molecule has 0 amide bonds. The largest absolute Gasteiger partial charge is 0.465 e. The molecule has 0 saturated carbocycles. The fourth-order valence-corrected chi connectivity index (χ4v) is 3.83. The molecule has 4 rings (SSSR count). The van der Waals surface area contributed by atoms with Crippen molar-refractivity contribution in [2.75, 3.05) is 43.5 Å². The van der Waals surface area contributed by atoms with Crippen LogP contribution in [0.5, 0.6) is 0 Å². The van der Waals surface area contributed by atoms with Gasteiger partial charge in [-0.15, -0.1) is 0 Å². The number of esters is 1. The van der Waals surface area contributed by atoms with Gasteiger partial charge in [0, 0.05) is 32.7 Å². The molecular weight excluding hydrogens is 424 g/mol. The maximum Gasteiger partial charge on any atom is 0.353 e. The quantitative estimate of drug-likeness (QED) is 0.330. The van der Waals surface area contributed by atoms with Crippen molar-refractivity contribution in [2.45, 2.75) is 6.54 Å². The van der Waals surface area contributed by atoms with Gasteiger partial charge in [-0.05, 0) is 17.7 Å². The van der Waals surface area contributed by atoms with Crippen molar-refractivity contribution in [1.29, 1.82) is 0 Å². The Bertz CT molecular complexity index is 1130. The van der Waals surface area contributed by atoms with Gasteiger partial charge >= 0.3 is 11.7 Å². The lowest BCUT2D eigenvalue weighted by atomic mass is 10.1. The zero-order valence-electron chi connectivity index (χ0n) is 18.2. The zero-order valence-corrected chi connectivity index (χ0v) is 18.2. The number of carbonyl (C=O) groups excluding carboxylic acids is 1. The molecule has 2 aromatic carbocycles. The van der Waals surface area contributed by atoms with Gasteiger partial charge in [0.05, 0.1) is 23.3 Å². The predicted octanol–water partition coefficient (Wildman–Crippen LogP) is 3.24. The number of carbonyl (C=O) groups is 1. The van der Waals surface area contributed by atoms with Crippen molar-refractivity contribution >= 4 is 29.0 Å². The summed E-state index contributed by atoms with van der Waals surface area (Å²) < 4.78 is 4.81. The minimum absolute atomic E-state index is 0.0214. The standard InChI is InChI=1S/C23H24N6O4/c1-33-23(30)18-9-5-6-10-19(18)26-21-20(29(31)32)22(25-16-24-21)28-13-11-27(12-14-28)15-17-7-3-2-4-8-17/h2-10,16H,11-15H2,1H3,(H,24,25,26). The molecule has 170 valence electrons. The van der Waals surface area contributed by atoms with E-state index in [1.165, 1.54) is 19.0 Å². The number of rotatable bonds is 7. The van der Waals surface area contributed by atoms with E-state index in [1.54, 1.807) is 24.3 Å². The van der Waals surface area contributed by atoms with Crippen LogP contribution in [0.2, 0.25) is 0 Å². The molecule has 0 aliphatic carbocycles. The van der Waals surface area contributed by atoms with Crippen molar-refractivity contribution in [3.63, 3.8) is 0 Å². The molecule has 10 nitrogen and oxygen atoms in total. The summed E-state index contributed by atoms with van der Waals surface area (Å²) in [7, 11) is 1.28. The fraction of sp³-hybridized carbons (Fsp3) is 0.261. The number of anilines is 3. The van der Waals surface area contributed by atoms with E-state index in [0.29, 0.717) is 18.8 Å². The molecule has 0 unspecified atom stereocenters. The number of nitro groups is 1. The van der Waals surface area contributed by atoms with Crippen LogP contribution in [-0.2, 0) is 11.3 Å². The fourth-order valence-electron chi connectivity index (χ4n) is 3.83. The van der Waals surface area contributed by atoms with Crippen LogP contribution in [0.3, 0.4) is 0 Å². The maximum absolute atomic E-state index is 12.1. The van der Waals surface area contributed by atoms with Gasteiger partial charge in [-0.3, -0.25) is 15.0 Å². The summed E-state index contributed by atoms with van der Waals surface area (Å²) in [5.74, 6) is -0.273. The van der Waals surface area contributed by atoms with Gasteiger partial charge in [-0.1, -0.05) is 42.5 Å². The molecule has 1 aromatic heterocycles. The maximum atomic E-state index is 12.1. The second-order valence-electron chi connectivity index (χ2n) is 7.56. The smallest absolute Gasteiger partial charge is 0.353 e. The zero-order chi connectivity index (χ0) is 23.2. The first-order valence-corrected chi connectivity index (χ1v) is 10.5. The SMILES string of the molecule is COC(=O)c1ccccc1Nc1ncnc(N2CCN(Cc3ccccc3)CC2)c1[N+](=O)[O-]. The number of ether oxygens (including phenoxy) is 1. The number of methoxy groups -OCH3 is 1. The molecule has 1 fully saturated rings. The third-order valence-electron chi connectivity index (χ3n) is 5.49.